The lowest BCUT2D eigenvalue weighted by Gasteiger charge is -2.10. The number of hydrogen-bond donors (Lipinski definition) is 0. The maximum Gasteiger partial charge on any atom is 0.356 e. The van der Waals surface area contributed by atoms with Gasteiger partial charge in [0.2, 0.25) is 0 Å². The average molecular weight is 366 g/mol. The van der Waals surface area contributed by atoms with Crippen molar-refractivity contribution in [2.45, 2.75) is 19.8 Å². The highest BCUT2D eigenvalue weighted by atomic mass is 32.1. The van der Waals surface area contributed by atoms with Crippen LogP contribution in [0.1, 0.15) is 32.3 Å². The van der Waals surface area contributed by atoms with E-state index in [1.807, 2.05) is 13.1 Å². The molecule has 0 aliphatic carbocycles. The Morgan fingerprint density at radius 2 is 2.12 bits per heavy atom. The molecule has 6 heteroatoms. The Morgan fingerprint density at radius 1 is 1.31 bits per heavy atom. The van der Waals surface area contributed by atoms with Crippen LogP contribution in [-0.2, 0) is 17.6 Å². The molecule has 2 aromatic heterocycles. The second-order valence-electron chi connectivity index (χ2n) is 6.15. The van der Waals surface area contributed by atoms with Crippen molar-refractivity contribution in [3.8, 4) is 16.2 Å². The van der Waals surface area contributed by atoms with Crippen molar-refractivity contribution in [2.75, 3.05) is 13.7 Å². The molecule has 3 heterocycles. The molecule has 1 aromatic carbocycles. The highest BCUT2D eigenvalue weighted by Crippen LogP contribution is 2.32. The van der Waals surface area contributed by atoms with Crippen molar-refractivity contribution < 1.29 is 14.3 Å². The van der Waals surface area contributed by atoms with Gasteiger partial charge >= 0.3 is 5.97 Å². The van der Waals surface area contributed by atoms with Crippen molar-refractivity contribution in [1.29, 1.82) is 0 Å². The molecule has 0 spiro atoms. The van der Waals surface area contributed by atoms with Crippen LogP contribution < -0.4 is 4.74 Å². The summed E-state index contributed by atoms with van der Waals surface area (Å²) >= 11 is 1.68. The molecule has 26 heavy (non-hydrogen) atoms. The molecule has 0 amide bonds. The molecule has 1 aliphatic rings. The fourth-order valence-electron chi connectivity index (χ4n) is 3.08. The number of esters is 1. The number of carbonyl (C=O) groups is 1. The van der Waals surface area contributed by atoms with Gasteiger partial charge in [0, 0.05) is 24.6 Å². The lowest BCUT2D eigenvalue weighted by molar-refractivity contribution is 0.0593. The van der Waals surface area contributed by atoms with E-state index < -0.39 is 5.97 Å². The minimum atomic E-state index is -0.420. The Hall–Kier alpha value is -2.73. The summed E-state index contributed by atoms with van der Waals surface area (Å²) in [4.78, 5) is 21.7. The fraction of sp³-hybridized carbons (Fsp3) is 0.250. The minimum Gasteiger partial charge on any atom is -0.491 e. The molecule has 0 N–H and O–H groups in total. The third-order valence-electron chi connectivity index (χ3n) is 4.35. The van der Waals surface area contributed by atoms with Gasteiger partial charge in [-0.05, 0) is 24.1 Å². The number of methoxy groups -OCH3 is 1. The number of aryl methyl sites for hydroxylation is 1. The van der Waals surface area contributed by atoms with Gasteiger partial charge in [-0.25, -0.2) is 14.8 Å². The van der Waals surface area contributed by atoms with Crippen LogP contribution in [0.2, 0.25) is 0 Å². The van der Waals surface area contributed by atoms with Crippen LogP contribution in [0.15, 0.2) is 36.5 Å². The number of carbonyl (C=O) groups excluding carboxylic acids is 1. The first-order valence-electron chi connectivity index (χ1n) is 8.39. The first-order chi connectivity index (χ1) is 12.6. The van der Waals surface area contributed by atoms with Crippen molar-refractivity contribution in [3.05, 3.63) is 64.1 Å². The topological polar surface area (TPSA) is 61.3 Å². The van der Waals surface area contributed by atoms with Crippen molar-refractivity contribution >= 4 is 17.3 Å². The average Bonchev–Trinajstić information content (AvgIpc) is 3.30. The fourth-order valence-corrected chi connectivity index (χ4v) is 3.86. The molecule has 0 saturated heterocycles. The normalized spacial score (nSPS) is 12.5. The Morgan fingerprint density at radius 3 is 2.81 bits per heavy atom. The number of rotatable bonds is 4. The second kappa shape index (κ2) is 6.88. The first kappa shape index (κ1) is 16.7. The Labute approximate surface area is 155 Å². The van der Waals surface area contributed by atoms with E-state index in [0.29, 0.717) is 18.7 Å². The van der Waals surface area contributed by atoms with E-state index in [1.165, 1.54) is 7.11 Å². The van der Waals surface area contributed by atoms with Crippen LogP contribution in [-0.4, -0.2) is 29.7 Å². The molecule has 0 atom stereocenters. The van der Waals surface area contributed by atoms with Gasteiger partial charge in [-0.1, -0.05) is 24.3 Å². The van der Waals surface area contributed by atoms with Gasteiger partial charge in [-0.15, -0.1) is 11.3 Å². The zero-order valence-corrected chi connectivity index (χ0v) is 15.4. The van der Waals surface area contributed by atoms with Gasteiger partial charge < -0.3 is 9.47 Å². The SMILES string of the molecule is COC(=O)c1cc(Cc2ccc(-c3cnc(C)s3)cc2)c2c(n1)CCO2. The number of nitrogens with zero attached hydrogens (tertiary/aromatic N) is 2. The summed E-state index contributed by atoms with van der Waals surface area (Å²) in [7, 11) is 1.37. The monoisotopic (exact) mass is 366 g/mol. The van der Waals surface area contributed by atoms with E-state index in [9.17, 15) is 4.79 Å². The summed E-state index contributed by atoms with van der Waals surface area (Å²) in [6, 6.07) is 10.2. The molecule has 132 valence electrons. The van der Waals surface area contributed by atoms with E-state index in [1.54, 1.807) is 17.4 Å². The molecule has 1 aliphatic heterocycles. The van der Waals surface area contributed by atoms with E-state index in [2.05, 4.69) is 34.2 Å². The number of fused-ring (bicyclic) bond motifs is 1. The van der Waals surface area contributed by atoms with Crippen molar-refractivity contribution in [3.63, 3.8) is 0 Å². The number of aromatic nitrogens is 2. The maximum atomic E-state index is 11.9. The lowest BCUT2D eigenvalue weighted by atomic mass is 10.0. The molecular weight excluding hydrogens is 348 g/mol. The third kappa shape index (κ3) is 3.20. The minimum absolute atomic E-state index is 0.337. The predicted molar refractivity (Wildman–Crippen MR) is 99.9 cm³/mol. The Kier molecular flexibility index (Phi) is 4.42. The van der Waals surface area contributed by atoms with Gasteiger partial charge in [-0.2, -0.15) is 0 Å². The van der Waals surface area contributed by atoms with E-state index >= 15 is 0 Å². The van der Waals surface area contributed by atoms with E-state index in [4.69, 9.17) is 9.47 Å². The summed E-state index contributed by atoms with van der Waals surface area (Å²) in [5.41, 5.74) is 4.44. The third-order valence-corrected chi connectivity index (χ3v) is 5.32. The summed E-state index contributed by atoms with van der Waals surface area (Å²) in [5.74, 6) is 0.386. The summed E-state index contributed by atoms with van der Waals surface area (Å²) in [5, 5.41) is 1.06. The molecule has 3 aromatic rings. The largest absolute Gasteiger partial charge is 0.491 e. The summed E-state index contributed by atoms with van der Waals surface area (Å²) < 4.78 is 10.6. The number of hydrogen-bond acceptors (Lipinski definition) is 6. The quantitative estimate of drug-likeness (QED) is 0.657. The van der Waals surface area contributed by atoms with Gasteiger partial charge in [0.1, 0.15) is 11.4 Å². The number of pyridine rings is 1. The first-order valence-corrected chi connectivity index (χ1v) is 9.21. The molecular formula is C20H18N2O3S. The van der Waals surface area contributed by atoms with Gasteiger partial charge in [0.25, 0.3) is 0 Å². The van der Waals surface area contributed by atoms with Gasteiger partial charge in [-0.3, -0.25) is 0 Å². The van der Waals surface area contributed by atoms with Crippen LogP contribution in [0.5, 0.6) is 5.75 Å². The van der Waals surface area contributed by atoms with Crippen LogP contribution in [0.4, 0.5) is 0 Å². The molecule has 0 radical (unpaired) electrons. The number of ether oxygens (including phenoxy) is 2. The van der Waals surface area contributed by atoms with Gasteiger partial charge in [0.15, 0.2) is 0 Å². The summed E-state index contributed by atoms with van der Waals surface area (Å²) in [6.07, 6.45) is 3.30. The van der Waals surface area contributed by atoms with Crippen LogP contribution in [0.3, 0.4) is 0 Å². The highest BCUT2D eigenvalue weighted by Gasteiger charge is 2.22. The highest BCUT2D eigenvalue weighted by molar-refractivity contribution is 7.15. The van der Waals surface area contributed by atoms with Crippen molar-refractivity contribution in [1.82, 2.24) is 9.97 Å². The maximum absolute atomic E-state index is 11.9. The molecule has 4 rings (SSSR count). The van der Waals surface area contributed by atoms with Crippen LogP contribution in [0.25, 0.3) is 10.4 Å². The number of benzene rings is 1. The Bertz CT molecular complexity index is 964. The zero-order chi connectivity index (χ0) is 18.1. The van der Waals surface area contributed by atoms with Crippen molar-refractivity contribution in [2.24, 2.45) is 0 Å². The predicted octanol–water partition coefficient (Wildman–Crippen LogP) is 3.83. The smallest absolute Gasteiger partial charge is 0.356 e. The lowest BCUT2D eigenvalue weighted by Crippen LogP contribution is -2.07. The summed E-state index contributed by atoms with van der Waals surface area (Å²) in [6.45, 7) is 2.61. The standard InChI is InChI=1S/C20H18N2O3S/c1-12-21-11-18(26-12)14-5-3-13(4-6-14)9-15-10-17(20(23)24-2)22-16-7-8-25-19(15)16/h3-6,10-11H,7-9H2,1-2H3. The van der Waals surface area contributed by atoms with Crippen LogP contribution >= 0.6 is 11.3 Å². The zero-order valence-electron chi connectivity index (χ0n) is 14.6. The molecule has 0 unspecified atom stereocenters. The number of thiazole rings is 1. The van der Waals surface area contributed by atoms with Gasteiger partial charge in [0.05, 0.1) is 29.3 Å². The van der Waals surface area contributed by atoms with E-state index in [-0.39, 0.29) is 0 Å². The molecule has 0 fully saturated rings. The molecule has 5 nitrogen and oxygen atoms in total. The Balaban J connectivity index is 1.63. The molecule has 0 saturated carbocycles. The second-order valence-corrected chi connectivity index (χ2v) is 7.38. The van der Waals surface area contributed by atoms with E-state index in [0.717, 1.165) is 44.4 Å². The molecule has 0 bridgehead atoms. The van der Waals surface area contributed by atoms with Crippen LogP contribution in [0, 0.1) is 6.92 Å².